The molecule has 1 aliphatic heterocycles. The van der Waals surface area contributed by atoms with Gasteiger partial charge in [-0.25, -0.2) is 15.0 Å². The Balaban J connectivity index is 1.64. The Morgan fingerprint density at radius 1 is 1.23 bits per heavy atom. The summed E-state index contributed by atoms with van der Waals surface area (Å²) in [6.07, 6.45) is 5.88. The van der Waals surface area contributed by atoms with Gasteiger partial charge in [-0.2, -0.15) is 0 Å². The highest BCUT2D eigenvalue weighted by Crippen LogP contribution is 2.25. The van der Waals surface area contributed by atoms with Gasteiger partial charge in [-0.15, -0.1) is 0 Å². The molecule has 0 bridgehead atoms. The van der Waals surface area contributed by atoms with Crippen molar-refractivity contribution in [1.82, 2.24) is 20.3 Å². The maximum absolute atomic E-state index is 11.9. The molecule has 0 saturated carbocycles. The monoisotopic (exact) mass is 406 g/mol. The van der Waals surface area contributed by atoms with E-state index in [4.69, 9.17) is 5.73 Å². The van der Waals surface area contributed by atoms with Gasteiger partial charge in [0.25, 0.3) is 0 Å². The number of nitrogens with zero attached hydrogens (tertiary/aromatic N) is 4. The first-order valence-electron chi connectivity index (χ1n) is 10.5. The first kappa shape index (κ1) is 21.6. The van der Waals surface area contributed by atoms with E-state index in [2.05, 4.69) is 50.9 Å². The van der Waals surface area contributed by atoms with E-state index in [-0.39, 0.29) is 5.91 Å². The molecule has 0 aliphatic carbocycles. The number of carbonyl (C=O) groups is 1. The number of hydrogen-bond acceptors (Lipinski definition) is 6. The van der Waals surface area contributed by atoms with Crippen molar-refractivity contribution in [3.8, 4) is 11.8 Å². The van der Waals surface area contributed by atoms with Crippen LogP contribution < -0.4 is 16.0 Å². The smallest absolute Gasteiger partial charge is 0.220 e. The fraction of sp³-hybridized carbons (Fsp3) is 0.478. The van der Waals surface area contributed by atoms with Crippen molar-refractivity contribution >= 4 is 17.5 Å². The fourth-order valence-corrected chi connectivity index (χ4v) is 3.51. The van der Waals surface area contributed by atoms with Crippen LogP contribution in [0.15, 0.2) is 24.7 Å². The molecule has 30 heavy (non-hydrogen) atoms. The van der Waals surface area contributed by atoms with E-state index in [0.29, 0.717) is 24.1 Å². The molecule has 1 aliphatic rings. The maximum Gasteiger partial charge on any atom is 0.220 e. The normalized spacial score (nSPS) is 14.3. The van der Waals surface area contributed by atoms with Crippen LogP contribution in [-0.2, 0) is 4.79 Å². The summed E-state index contributed by atoms with van der Waals surface area (Å²) in [6, 6.07) is 3.59. The number of rotatable bonds is 5. The van der Waals surface area contributed by atoms with E-state index in [9.17, 15) is 4.79 Å². The second-order valence-electron chi connectivity index (χ2n) is 8.21. The lowest BCUT2D eigenvalue weighted by molar-refractivity contribution is -0.122. The molecule has 3 N–H and O–H groups in total. The van der Waals surface area contributed by atoms with Gasteiger partial charge in [0.2, 0.25) is 5.91 Å². The molecule has 7 heteroatoms. The summed E-state index contributed by atoms with van der Waals surface area (Å²) in [4.78, 5) is 27.1. The molecule has 0 atom stereocenters. The predicted molar refractivity (Wildman–Crippen MR) is 119 cm³/mol. The molecule has 1 amide bonds. The SMILES string of the molecule is Cc1ncnc(N2CCC(CNC(=O)CC(C)C)CC2)c1C#Cc1ccc(N)nc1. The van der Waals surface area contributed by atoms with Gasteiger partial charge in [-0.1, -0.05) is 25.7 Å². The highest BCUT2D eigenvalue weighted by Gasteiger charge is 2.23. The van der Waals surface area contributed by atoms with Crippen molar-refractivity contribution in [2.45, 2.75) is 40.0 Å². The molecule has 0 aromatic carbocycles. The minimum absolute atomic E-state index is 0.147. The fourth-order valence-electron chi connectivity index (χ4n) is 3.51. The third-order valence-corrected chi connectivity index (χ3v) is 5.23. The second-order valence-corrected chi connectivity index (χ2v) is 8.21. The Kier molecular flexibility index (Phi) is 7.23. The Labute approximate surface area is 178 Å². The third kappa shape index (κ3) is 5.93. The number of hydrogen-bond donors (Lipinski definition) is 2. The zero-order valence-electron chi connectivity index (χ0n) is 18.0. The number of piperidine rings is 1. The zero-order valence-corrected chi connectivity index (χ0v) is 18.0. The van der Waals surface area contributed by atoms with Crippen molar-refractivity contribution in [3.05, 3.63) is 41.5 Å². The molecular weight excluding hydrogens is 376 g/mol. The summed E-state index contributed by atoms with van der Waals surface area (Å²) in [5.41, 5.74) is 8.15. The van der Waals surface area contributed by atoms with Crippen LogP contribution in [0.3, 0.4) is 0 Å². The van der Waals surface area contributed by atoms with Gasteiger partial charge in [0.05, 0.1) is 11.3 Å². The van der Waals surface area contributed by atoms with Crippen LogP contribution in [-0.4, -0.2) is 40.5 Å². The van der Waals surface area contributed by atoms with E-state index >= 15 is 0 Å². The lowest BCUT2D eigenvalue weighted by atomic mass is 9.96. The predicted octanol–water partition coefficient (Wildman–Crippen LogP) is 2.54. The Morgan fingerprint density at radius 3 is 2.67 bits per heavy atom. The standard InChI is InChI=1S/C23H30N6O/c1-16(2)12-22(30)26-14-19-8-10-29(11-9-19)23-20(17(3)27-15-28-23)6-4-18-5-7-21(24)25-13-18/h5,7,13,15-16,19H,8-12,14H2,1-3H3,(H2,24,25)(H,26,30). The summed E-state index contributed by atoms with van der Waals surface area (Å²) < 4.78 is 0. The van der Waals surface area contributed by atoms with Crippen LogP contribution >= 0.6 is 0 Å². The minimum atomic E-state index is 0.147. The van der Waals surface area contributed by atoms with Crippen LogP contribution in [0.1, 0.15) is 49.9 Å². The molecule has 3 rings (SSSR count). The van der Waals surface area contributed by atoms with E-state index in [1.165, 1.54) is 0 Å². The summed E-state index contributed by atoms with van der Waals surface area (Å²) in [5, 5.41) is 3.08. The Bertz CT molecular complexity index is 921. The highest BCUT2D eigenvalue weighted by molar-refractivity contribution is 5.76. The molecule has 1 saturated heterocycles. The van der Waals surface area contributed by atoms with Gasteiger partial charge < -0.3 is 16.0 Å². The topological polar surface area (TPSA) is 97.0 Å². The number of nitrogens with two attached hydrogens (primary N) is 1. The average molecular weight is 407 g/mol. The Morgan fingerprint density at radius 2 is 2.00 bits per heavy atom. The number of aryl methyl sites for hydroxylation is 1. The minimum Gasteiger partial charge on any atom is -0.384 e. The zero-order chi connectivity index (χ0) is 21.5. The molecule has 0 unspecified atom stereocenters. The van der Waals surface area contributed by atoms with E-state index < -0.39 is 0 Å². The quantitative estimate of drug-likeness (QED) is 0.741. The summed E-state index contributed by atoms with van der Waals surface area (Å²) in [6.45, 7) is 8.60. The van der Waals surface area contributed by atoms with Crippen LogP contribution in [0.25, 0.3) is 0 Å². The maximum atomic E-state index is 11.9. The van der Waals surface area contributed by atoms with Crippen molar-refractivity contribution in [2.24, 2.45) is 11.8 Å². The van der Waals surface area contributed by atoms with Crippen LogP contribution in [0.5, 0.6) is 0 Å². The van der Waals surface area contributed by atoms with Gasteiger partial charge in [0, 0.05) is 37.8 Å². The van der Waals surface area contributed by atoms with Gasteiger partial charge in [0.1, 0.15) is 18.0 Å². The molecule has 2 aromatic heterocycles. The number of nitrogens with one attached hydrogen (secondary N) is 1. The first-order chi connectivity index (χ1) is 14.4. The van der Waals surface area contributed by atoms with Gasteiger partial charge in [0.15, 0.2) is 0 Å². The molecule has 0 radical (unpaired) electrons. The number of aromatic nitrogens is 3. The molecule has 1 fully saturated rings. The second kappa shape index (κ2) is 10.1. The summed E-state index contributed by atoms with van der Waals surface area (Å²) >= 11 is 0. The molecule has 0 spiro atoms. The molecule has 3 heterocycles. The summed E-state index contributed by atoms with van der Waals surface area (Å²) in [5.74, 6) is 8.75. The van der Waals surface area contributed by atoms with Gasteiger partial charge >= 0.3 is 0 Å². The molecule has 7 nitrogen and oxygen atoms in total. The van der Waals surface area contributed by atoms with Crippen molar-refractivity contribution in [2.75, 3.05) is 30.3 Å². The molecular formula is C23H30N6O. The lowest BCUT2D eigenvalue weighted by Crippen LogP contribution is -2.39. The molecule has 158 valence electrons. The van der Waals surface area contributed by atoms with Gasteiger partial charge in [-0.3, -0.25) is 4.79 Å². The van der Waals surface area contributed by atoms with Crippen molar-refractivity contribution < 1.29 is 4.79 Å². The van der Waals surface area contributed by atoms with E-state index in [1.807, 2.05) is 13.0 Å². The summed E-state index contributed by atoms with van der Waals surface area (Å²) in [7, 11) is 0. The largest absolute Gasteiger partial charge is 0.384 e. The third-order valence-electron chi connectivity index (χ3n) is 5.23. The van der Waals surface area contributed by atoms with Crippen LogP contribution in [0, 0.1) is 30.6 Å². The van der Waals surface area contributed by atoms with E-state index in [1.54, 1.807) is 18.6 Å². The lowest BCUT2D eigenvalue weighted by Gasteiger charge is -2.33. The first-order valence-corrected chi connectivity index (χ1v) is 10.5. The van der Waals surface area contributed by atoms with Crippen molar-refractivity contribution in [1.29, 1.82) is 0 Å². The highest BCUT2D eigenvalue weighted by atomic mass is 16.1. The molecule has 2 aromatic rings. The number of pyridine rings is 1. The van der Waals surface area contributed by atoms with Crippen LogP contribution in [0.4, 0.5) is 11.6 Å². The number of nitrogen functional groups attached to an aromatic ring is 1. The van der Waals surface area contributed by atoms with E-state index in [0.717, 1.165) is 55.1 Å². The number of carbonyl (C=O) groups excluding carboxylic acids is 1. The Hall–Kier alpha value is -3.14. The number of amides is 1. The van der Waals surface area contributed by atoms with Crippen molar-refractivity contribution in [3.63, 3.8) is 0 Å². The van der Waals surface area contributed by atoms with Crippen LogP contribution in [0.2, 0.25) is 0 Å². The van der Waals surface area contributed by atoms with Gasteiger partial charge in [-0.05, 0) is 43.7 Å². The number of anilines is 2. The average Bonchev–Trinajstić information content (AvgIpc) is 2.72.